The van der Waals surface area contributed by atoms with Gasteiger partial charge < -0.3 is 4.42 Å². The van der Waals surface area contributed by atoms with E-state index >= 15 is 0 Å². The third kappa shape index (κ3) is 2.63. The minimum absolute atomic E-state index is 0.228. The first-order valence-electron chi connectivity index (χ1n) is 6.84. The maximum absolute atomic E-state index is 5.79. The predicted octanol–water partition coefficient (Wildman–Crippen LogP) is 5.07. The Morgan fingerprint density at radius 2 is 1.85 bits per heavy atom. The van der Waals surface area contributed by atoms with E-state index in [1.54, 1.807) is 0 Å². The summed E-state index contributed by atoms with van der Waals surface area (Å²) in [5, 5.41) is 0. The highest BCUT2D eigenvalue weighted by atomic mass is 79.9. The van der Waals surface area contributed by atoms with Crippen molar-refractivity contribution in [2.45, 2.75) is 24.6 Å². The molecule has 3 aromatic rings. The number of hydrogen-bond acceptors (Lipinski definition) is 2. The minimum atomic E-state index is 0.228. The van der Waals surface area contributed by atoms with Crippen LogP contribution in [0.4, 0.5) is 0 Å². The summed E-state index contributed by atoms with van der Waals surface area (Å²) in [7, 11) is 0. The third-order valence-corrected chi connectivity index (χ3v) is 4.28. The Balaban J connectivity index is 1.86. The number of hydrogen-bond donors (Lipinski definition) is 0. The van der Waals surface area contributed by atoms with Crippen molar-refractivity contribution in [3.63, 3.8) is 0 Å². The number of halogens is 1. The second-order valence-corrected chi connectivity index (χ2v) is 5.90. The fourth-order valence-corrected chi connectivity index (χ4v) is 3.16. The molecule has 0 amide bonds. The van der Waals surface area contributed by atoms with Crippen LogP contribution in [-0.4, -0.2) is 4.98 Å². The molecular weight excluding hydrogens is 314 g/mol. The predicted molar refractivity (Wildman–Crippen MR) is 85.2 cm³/mol. The highest BCUT2D eigenvalue weighted by Crippen LogP contribution is 2.30. The molecule has 1 aromatic heterocycles. The van der Waals surface area contributed by atoms with Gasteiger partial charge in [-0.05, 0) is 29.7 Å². The van der Waals surface area contributed by atoms with Crippen LogP contribution in [-0.2, 0) is 12.8 Å². The fraction of sp³-hybridized carbons (Fsp3) is 0.235. The smallest absolute Gasteiger partial charge is 0.196 e. The lowest BCUT2D eigenvalue weighted by molar-refractivity contribution is 0.527. The first kappa shape index (κ1) is 13.4. The van der Waals surface area contributed by atoms with Gasteiger partial charge in [-0.3, -0.25) is 0 Å². The first-order valence-corrected chi connectivity index (χ1v) is 7.76. The quantitative estimate of drug-likeness (QED) is 0.624. The van der Waals surface area contributed by atoms with Gasteiger partial charge in [0.1, 0.15) is 5.52 Å². The van der Waals surface area contributed by atoms with E-state index in [4.69, 9.17) is 4.42 Å². The Morgan fingerprint density at radius 3 is 2.65 bits per heavy atom. The number of aromatic nitrogens is 1. The number of para-hydroxylation sites is 2. The summed E-state index contributed by atoms with van der Waals surface area (Å²) >= 11 is 3.77. The zero-order chi connectivity index (χ0) is 13.9. The molecule has 2 nitrogen and oxygen atoms in total. The molecule has 0 aliphatic heterocycles. The molecule has 0 spiro atoms. The molecule has 3 rings (SSSR count). The van der Waals surface area contributed by atoms with Gasteiger partial charge in [-0.25, -0.2) is 4.98 Å². The van der Waals surface area contributed by atoms with Gasteiger partial charge in [0.05, 0.1) is 0 Å². The van der Waals surface area contributed by atoms with Crippen LogP contribution in [0.3, 0.4) is 0 Å². The van der Waals surface area contributed by atoms with E-state index in [1.807, 2.05) is 24.3 Å². The number of alkyl halides is 1. The summed E-state index contributed by atoms with van der Waals surface area (Å²) in [6, 6.07) is 16.4. The first-order chi connectivity index (χ1) is 9.78. The van der Waals surface area contributed by atoms with Gasteiger partial charge in [0.15, 0.2) is 11.5 Å². The highest BCUT2D eigenvalue weighted by Gasteiger charge is 2.15. The molecule has 2 aromatic carbocycles. The van der Waals surface area contributed by atoms with Crippen molar-refractivity contribution in [1.82, 2.24) is 4.98 Å². The number of nitrogens with zero attached hydrogens (tertiary/aromatic N) is 1. The van der Waals surface area contributed by atoms with Crippen molar-refractivity contribution in [3.05, 3.63) is 65.5 Å². The molecule has 20 heavy (non-hydrogen) atoms. The van der Waals surface area contributed by atoms with Gasteiger partial charge in [-0.1, -0.05) is 59.3 Å². The standard InChI is InChI=1S/C17H16BrNO/c1-2-12-7-3-4-8-13(12)14(18)11-17-19-15-9-5-6-10-16(15)20-17/h3-10,14H,2,11H2,1H3. The van der Waals surface area contributed by atoms with E-state index in [0.29, 0.717) is 0 Å². The van der Waals surface area contributed by atoms with Crippen molar-refractivity contribution in [3.8, 4) is 0 Å². The Labute approximate surface area is 127 Å². The van der Waals surface area contributed by atoms with Crippen molar-refractivity contribution in [2.75, 3.05) is 0 Å². The van der Waals surface area contributed by atoms with Crippen molar-refractivity contribution < 1.29 is 4.42 Å². The SMILES string of the molecule is CCc1ccccc1C(Br)Cc1nc2ccccc2o1. The largest absolute Gasteiger partial charge is 0.441 e. The van der Waals surface area contributed by atoms with E-state index < -0.39 is 0 Å². The lowest BCUT2D eigenvalue weighted by Crippen LogP contribution is -1.99. The van der Waals surface area contributed by atoms with E-state index in [0.717, 1.165) is 29.8 Å². The lowest BCUT2D eigenvalue weighted by atomic mass is 10.0. The van der Waals surface area contributed by atoms with Crippen LogP contribution in [0.25, 0.3) is 11.1 Å². The molecule has 0 N–H and O–H groups in total. The zero-order valence-electron chi connectivity index (χ0n) is 11.3. The molecule has 0 bridgehead atoms. The van der Waals surface area contributed by atoms with Crippen LogP contribution in [0, 0.1) is 0 Å². The van der Waals surface area contributed by atoms with E-state index in [2.05, 4.69) is 52.1 Å². The number of benzene rings is 2. The number of rotatable bonds is 4. The molecule has 102 valence electrons. The maximum atomic E-state index is 5.79. The van der Waals surface area contributed by atoms with E-state index in [1.165, 1.54) is 11.1 Å². The zero-order valence-corrected chi connectivity index (χ0v) is 12.9. The fourth-order valence-electron chi connectivity index (χ4n) is 2.43. The van der Waals surface area contributed by atoms with Gasteiger partial charge in [0, 0.05) is 11.2 Å². The molecule has 3 heteroatoms. The molecule has 1 atom stereocenters. The summed E-state index contributed by atoms with van der Waals surface area (Å²) in [6.07, 6.45) is 1.79. The monoisotopic (exact) mass is 329 g/mol. The molecule has 0 saturated carbocycles. The van der Waals surface area contributed by atoms with Gasteiger partial charge in [0.25, 0.3) is 0 Å². The average molecular weight is 330 g/mol. The molecular formula is C17H16BrNO. The molecule has 0 aliphatic carbocycles. The van der Waals surface area contributed by atoms with E-state index in [-0.39, 0.29) is 4.83 Å². The van der Waals surface area contributed by atoms with Gasteiger partial charge in [0.2, 0.25) is 0 Å². The molecule has 0 aliphatic rings. The summed E-state index contributed by atoms with van der Waals surface area (Å²) in [6.45, 7) is 2.18. The van der Waals surface area contributed by atoms with Crippen LogP contribution >= 0.6 is 15.9 Å². The normalized spacial score (nSPS) is 12.7. The van der Waals surface area contributed by atoms with Crippen LogP contribution in [0.15, 0.2) is 52.9 Å². The number of aryl methyl sites for hydroxylation is 1. The second kappa shape index (κ2) is 5.80. The van der Waals surface area contributed by atoms with Crippen molar-refractivity contribution in [1.29, 1.82) is 0 Å². The van der Waals surface area contributed by atoms with Crippen LogP contribution in [0.2, 0.25) is 0 Å². The topological polar surface area (TPSA) is 26.0 Å². The van der Waals surface area contributed by atoms with Gasteiger partial charge in [-0.2, -0.15) is 0 Å². The van der Waals surface area contributed by atoms with Crippen LogP contribution in [0.5, 0.6) is 0 Å². The molecule has 0 saturated heterocycles. The molecule has 0 radical (unpaired) electrons. The Morgan fingerprint density at radius 1 is 1.10 bits per heavy atom. The lowest BCUT2D eigenvalue weighted by Gasteiger charge is -2.12. The highest BCUT2D eigenvalue weighted by molar-refractivity contribution is 9.09. The Bertz CT molecular complexity index is 687. The maximum Gasteiger partial charge on any atom is 0.196 e. The molecule has 0 fully saturated rings. The number of fused-ring (bicyclic) bond motifs is 1. The number of oxazole rings is 1. The van der Waals surface area contributed by atoms with E-state index in [9.17, 15) is 0 Å². The van der Waals surface area contributed by atoms with Gasteiger partial charge >= 0.3 is 0 Å². The van der Waals surface area contributed by atoms with Crippen molar-refractivity contribution >= 4 is 27.0 Å². The second-order valence-electron chi connectivity index (χ2n) is 4.80. The summed E-state index contributed by atoms with van der Waals surface area (Å²) in [5.41, 5.74) is 4.46. The van der Waals surface area contributed by atoms with Crippen LogP contribution < -0.4 is 0 Å². The third-order valence-electron chi connectivity index (χ3n) is 3.47. The summed E-state index contributed by atoms with van der Waals surface area (Å²) in [5.74, 6) is 0.777. The van der Waals surface area contributed by atoms with Crippen LogP contribution in [0.1, 0.15) is 28.8 Å². The molecule has 1 unspecified atom stereocenters. The molecule has 1 heterocycles. The summed E-state index contributed by atoms with van der Waals surface area (Å²) < 4.78 is 5.79. The van der Waals surface area contributed by atoms with Gasteiger partial charge in [-0.15, -0.1) is 0 Å². The Kier molecular flexibility index (Phi) is 3.88. The minimum Gasteiger partial charge on any atom is -0.441 e. The summed E-state index contributed by atoms with van der Waals surface area (Å²) in [4.78, 5) is 4.77. The average Bonchev–Trinajstić information content (AvgIpc) is 2.89. The Hall–Kier alpha value is -1.61. The van der Waals surface area contributed by atoms with Crippen molar-refractivity contribution in [2.24, 2.45) is 0 Å².